The van der Waals surface area contributed by atoms with Crippen molar-refractivity contribution in [2.75, 3.05) is 64.4 Å². The summed E-state index contributed by atoms with van der Waals surface area (Å²) in [5, 5.41) is 15.6. The van der Waals surface area contributed by atoms with Crippen molar-refractivity contribution in [2.45, 2.75) is 64.0 Å². The van der Waals surface area contributed by atoms with Gasteiger partial charge in [-0.3, -0.25) is 14.2 Å². The predicted octanol–water partition coefficient (Wildman–Crippen LogP) is 4.18. The topological polar surface area (TPSA) is 113 Å². The summed E-state index contributed by atoms with van der Waals surface area (Å²) in [6, 6.07) is 3.45. The molecular formula is C35H47F2N9O3. The minimum absolute atomic E-state index is 0.0298. The molecule has 3 aromatic rings. The number of carbonyl (C=O) groups excluding carboxylic acids is 2. The third-order valence-electron chi connectivity index (χ3n) is 10.6. The summed E-state index contributed by atoms with van der Waals surface area (Å²) >= 11 is 0. The van der Waals surface area contributed by atoms with E-state index in [2.05, 4.69) is 25.3 Å². The van der Waals surface area contributed by atoms with Gasteiger partial charge < -0.3 is 30.1 Å². The number of hydrogen-bond donors (Lipinski definition) is 2. The number of anilines is 2. The number of piperidine rings is 2. The van der Waals surface area contributed by atoms with Crippen molar-refractivity contribution in [3.63, 3.8) is 0 Å². The van der Waals surface area contributed by atoms with Crippen LogP contribution in [-0.2, 0) is 36.0 Å². The molecule has 0 unspecified atom stereocenters. The number of rotatable bonds is 8. The molecular weight excluding hydrogens is 632 g/mol. The van der Waals surface area contributed by atoms with Gasteiger partial charge in [-0.05, 0) is 80.8 Å². The van der Waals surface area contributed by atoms with E-state index >= 15 is 0 Å². The van der Waals surface area contributed by atoms with E-state index in [9.17, 15) is 18.4 Å². The lowest BCUT2D eigenvalue weighted by Crippen LogP contribution is -2.43. The number of likely N-dealkylation sites (tertiary alicyclic amines) is 1. The summed E-state index contributed by atoms with van der Waals surface area (Å²) in [6.45, 7) is 5.58. The minimum atomic E-state index is -2.66. The lowest BCUT2D eigenvalue weighted by atomic mass is 9.92. The first-order chi connectivity index (χ1) is 23.8. The largest absolute Gasteiger partial charge is 0.371 e. The maximum absolute atomic E-state index is 14.6. The van der Waals surface area contributed by atoms with Crippen LogP contribution in [0, 0.1) is 5.92 Å². The van der Waals surface area contributed by atoms with Crippen LogP contribution >= 0.6 is 0 Å². The first-order valence-corrected chi connectivity index (χ1v) is 17.6. The number of fused-ring (bicyclic) bond motifs is 2. The quantitative estimate of drug-likeness (QED) is 0.368. The van der Waals surface area contributed by atoms with Crippen molar-refractivity contribution in [3.05, 3.63) is 46.9 Å². The average Bonchev–Trinajstić information content (AvgIpc) is 3.74. The molecule has 12 nitrogen and oxygen atoms in total. The van der Waals surface area contributed by atoms with Gasteiger partial charge in [0.15, 0.2) is 5.82 Å². The fourth-order valence-electron chi connectivity index (χ4n) is 7.95. The molecule has 0 radical (unpaired) electrons. The maximum Gasteiger partial charge on any atom is 0.317 e. The molecule has 2 fully saturated rings. The number of nitrogens with one attached hydrogen (secondary N) is 2. The Morgan fingerprint density at radius 1 is 1.06 bits per heavy atom. The highest BCUT2D eigenvalue weighted by atomic mass is 19.3. The monoisotopic (exact) mass is 679 g/mol. The zero-order valence-electron chi connectivity index (χ0n) is 28.5. The van der Waals surface area contributed by atoms with Crippen molar-refractivity contribution >= 4 is 23.4 Å². The molecule has 14 heteroatoms. The molecule has 0 saturated carbocycles. The molecule has 264 valence electrons. The predicted molar refractivity (Wildman–Crippen MR) is 181 cm³/mol. The highest BCUT2D eigenvalue weighted by molar-refractivity contribution is 5.79. The van der Waals surface area contributed by atoms with E-state index in [-0.39, 0.29) is 30.2 Å². The van der Waals surface area contributed by atoms with E-state index in [1.54, 1.807) is 42.1 Å². The Labute approximate surface area is 285 Å². The number of aromatic nitrogens is 4. The number of aryl methyl sites for hydroxylation is 2. The fourth-order valence-corrected chi connectivity index (χ4v) is 7.95. The third kappa shape index (κ3) is 6.89. The summed E-state index contributed by atoms with van der Waals surface area (Å²) in [5.74, 6) is 1.27. The second-order valence-electron chi connectivity index (χ2n) is 13.8. The lowest BCUT2D eigenvalue weighted by Gasteiger charge is -2.34. The van der Waals surface area contributed by atoms with E-state index in [0.717, 1.165) is 79.9 Å². The van der Waals surface area contributed by atoms with Crippen LogP contribution in [0.2, 0.25) is 0 Å². The van der Waals surface area contributed by atoms with Gasteiger partial charge in [0.05, 0.1) is 25.4 Å². The normalized spacial score (nSPS) is 18.9. The molecule has 1 aromatic carbocycles. The van der Waals surface area contributed by atoms with Crippen molar-refractivity contribution in [1.82, 2.24) is 40.0 Å². The number of nitrogens with zero attached hydrogens (tertiary/aromatic N) is 7. The van der Waals surface area contributed by atoms with Crippen LogP contribution in [0.25, 0.3) is 11.1 Å². The molecule has 7 rings (SSSR count). The molecule has 49 heavy (non-hydrogen) atoms. The maximum atomic E-state index is 14.6. The van der Waals surface area contributed by atoms with Gasteiger partial charge in [0.25, 0.3) is 6.43 Å². The molecule has 2 N–H and O–H groups in total. The van der Waals surface area contributed by atoms with E-state index in [0.29, 0.717) is 62.8 Å². The number of amides is 3. The molecule has 6 heterocycles. The van der Waals surface area contributed by atoms with Gasteiger partial charge in [-0.25, -0.2) is 13.6 Å². The fraction of sp³-hybridized carbons (Fsp3) is 0.600. The zero-order valence-corrected chi connectivity index (χ0v) is 28.5. The highest BCUT2D eigenvalue weighted by Gasteiger charge is 2.35. The van der Waals surface area contributed by atoms with Crippen LogP contribution in [0.4, 0.5) is 25.1 Å². The third-order valence-corrected chi connectivity index (χ3v) is 10.6. The van der Waals surface area contributed by atoms with Gasteiger partial charge in [-0.15, -0.1) is 0 Å². The minimum Gasteiger partial charge on any atom is -0.371 e. The van der Waals surface area contributed by atoms with E-state index in [4.69, 9.17) is 9.84 Å². The molecule has 0 aliphatic carbocycles. The van der Waals surface area contributed by atoms with Gasteiger partial charge in [-0.2, -0.15) is 10.2 Å². The number of ether oxygens (including phenoxy) is 1. The Bertz CT molecular complexity index is 1660. The Morgan fingerprint density at radius 2 is 1.86 bits per heavy atom. The number of alkyl halides is 2. The Hall–Kier alpha value is -4.04. The van der Waals surface area contributed by atoms with Gasteiger partial charge in [0, 0.05) is 81.0 Å². The second-order valence-corrected chi connectivity index (χ2v) is 13.8. The van der Waals surface area contributed by atoms with Crippen LogP contribution in [-0.4, -0.2) is 101 Å². The van der Waals surface area contributed by atoms with Gasteiger partial charge in [0.2, 0.25) is 5.91 Å². The molecule has 4 aliphatic heterocycles. The van der Waals surface area contributed by atoms with Crippen molar-refractivity contribution in [1.29, 1.82) is 0 Å². The summed E-state index contributed by atoms with van der Waals surface area (Å²) in [6.07, 6.45) is 6.66. The van der Waals surface area contributed by atoms with Gasteiger partial charge in [0.1, 0.15) is 6.61 Å². The molecule has 2 saturated heterocycles. The highest BCUT2D eigenvalue weighted by Crippen LogP contribution is 2.43. The standard InChI is InChI=1S/C35H47F2N9O3/c1-38-35(48)44-15-9-30-29(20-44)34(41-46(30)26-7-13-43(14-8-26)32(47)22-49-21-23-5-10-39-11-6-23)45-12-3-4-24-16-27(25-18-40-42(2)19-25)28(33(36)37)17-31(24)45/h16-19,23,26,33,39H,3-15,20-22H2,1-2H3,(H,38,48). The zero-order chi connectivity index (χ0) is 34.1. The molecule has 3 amide bonds. The SMILES string of the molecule is CNC(=O)N1CCc2c(c(N3CCCc4cc(-c5cnn(C)c5)c(C(F)F)cc43)nn2C2CCN(C(=O)COCC3CCNCC3)CC2)C1. The van der Waals surface area contributed by atoms with Gasteiger partial charge >= 0.3 is 6.03 Å². The number of halogens is 2. The summed E-state index contributed by atoms with van der Waals surface area (Å²) in [7, 11) is 3.41. The van der Waals surface area contributed by atoms with Crippen LogP contribution in [0.1, 0.15) is 67.0 Å². The molecule has 4 aliphatic rings. The Balaban J connectivity index is 1.14. The number of hydrogen-bond acceptors (Lipinski definition) is 7. The average molecular weight is 680 g/mol. The van der Waals surface area contributed by atoms with Crippen molar-refractivity contribution < 1.29 is 23.1 Å². The first kappa shape index (κ1) is 33.5. The summed E-state index contributed by atoms with van der Waals surface area (Å²) < 4.78 is 38.8. The Morgan fingerprint density at radius 3 is 2.57 bits per heavy atom. The summed E-state index contributed by atoms with van der Waals surface area (Å²) in [4.78, 5) is 31.5. The second kappa shape index (κ2) is 14.4. The molecule has 0 bridgehead atoms. The van der Waals surface area contributed by atoms with Crippen molar-refractivity contribution in [2.24, 2.45) is 13.0 Å². The molecule has 0 spiro atoms. The van der Waals surface area contributed by atoms with Crippen LogP contribution < -0.4 is 15.5 Å². The van der Waals surface area contributed by atoms with E-state index in [1.807, 2.05) is 11.0 Å². The van der Waals surface area contributed by atoms with E-state index < -0.39 is 6.43 Å². The molecule has 0 atom stereocenters. The molecule has 2 aromatic heterocycles. The number of urea groups is 1. The van der Waals surface area contributed by atoms with Crippen LogP contribution in [0.15, 0.2) is 24.5 Å². The van der Waals surface area contributed by atoms with E-state index in [1.165, 1.54) is 0 Å². The first-order valence-electron chi connectivity index (χ1n) is 17.6. The van der Waals surface area contributed by atoms with Crippen LogP contribution in [0.3, 0.4) is 0 Å². The smallest absolute Gasteiger partial charge is 0.317 e. The number of carbonyl (C=O) groups is 2. The van der Waals surface area contributed by atoms with Gasteiger partial charge in [-0.1, -0.05) is 0 Å². The Kier molecular flexibility index (Phi) is 9.86. The summed E-state index contributed by atoms with van der Waals surface area (Å²) in [5.41, 5.74) is 4.91. The van der Waals surface area contributed by atoms with Crippen LogP contribution in [0.5, 0.6) is 0 Å². The van der Waals surface area contributed by atoms with Crippen molar-refractivity contribution in [3.8, 4) is 11.1 Å². The number of benzene rings is 1. The lowest BCUT2D eigenvalue weighted by molar-refractivity contribution is -0.138.